The lowest BCUT2D eigenvalue weighted by atomic mass is 10.0. The Morgan fingerprint density at radius 3 is 2.86 bits per heavy atom. The molecule has 3 heterocycles. The first-order valence-corrected chi connectivity index (χ1v) is 4.94. The number of nitrogens with zero attached hydrogens (tertiary/aromatic N) is 1. The Hall–Kier alpha value is -0.650. The molecule has 14 heavy (non-hydrogen) atoms. The largest absolute Gasteiger partial charge is 0.479 e. The lowest BCUT2D eigenvalue weighted by Gasteiger charge is -2.14. The minimum absolute atomic E-state index is 0.0677. The maximum Gasteiger partial charge on any atom is 0.191 e. The number of aliphatic hydroxyl groups is 1. The van der Waals surface area contributed by atoms with E-state index in [-0.39, 0.29) is 18.1 Å². The second kappa shape index (κ2) is 3.18. The van der Waals surface area contributed by atoms with E-state index in [1.165, 1.54) is 0 Å². The van der Waals surface area contributed by atoms with E-state index in [1.807, 2.05) is 0 Å². The molecule has 0 aromatic rings. The molecular weight excluding hydrogens is 186 g/mol. The van der Waals surface area contributed by atoms with Gasteiger partial charge in [0, 0.05) is 0 Å². The van der Waals surface area contributed by atoms with Crippen LogP contribution in [0.15, 0.2) is 4.99 Å². The molecule has 3 aliphatic heterocycles. The number of aliphatic imine (C=N–C) groups is 1. The van der Waals surface area contributed by atoms with Crippen molar-refractivity contribution in [3.05, 3.63) is 0 Å². The minimum atomic E-state index is -0.494. The van der Waals surface area contributed by atoms with Crippen LogP contribution in [0.4, 0.5) is 0 Å². The molecule has 2 fully saturated rings. The van der Waals surface area contributed by atoms with Crippen LogP contribution in [0.1, 0.15) is 0 Å². The molecule has 0 bridgehead atoms. The quantitative estimate of drug-likeness (QED) is 0.600. The molecule has 0 radical (unpaired) electrons. The summed E-state index contributed by atoms with van der Waals surface area (Å²) in [7, 11) is 0. The third-order valence-corrected chi connectivity index (χ3v) is 2.95. The van der Waals surface area contributed by atoms with E-state index in [9.17, 15) is 5.11 Å². The van der Waals surface area contributed by atoms with Crippen LogP contribution in [-0.4, -0.2) is 55.7 Å². The number of ether oxygens (including phenoxy) is 3. The number of hydrogen-bond donors (Lipinski definition) is 1. The summed E-state index contributed by atoms with van der Waals surface area (Å²) in [4.78, 5) is 4.26. The highest BCUT2D eigenvalue weighted by Gasteiger charge is 2.49. The van der Waals surface area contributed by atoms with Crippen LogP contribution in [-0.2, 0) is 14.2 Å². The Labute approximate surface area is 81.7 Å². The molecule has 5 nitrogen and oxygen atoms in total. The van der Waals surface area contributed by atoms with Crippen molar-refractivity contribution in [2.24, 2.45) is 10.9 Å². The summed E-state index contributed by atoms with van der Waals surface area (Å²) in [5, 5.41) is 9.53. The second-order valence-electron chi connectivity index (χ2n) is 3.84. The van der Waals surface area contributed by atoms with Gasteiger partial charge in [-0.2, -0.15) is 0 Å². The van der Waals surface area contributed by atoms with Crippen molar-refractivity contribution < 1.29 is 19.3 Å². The Balaban J connectivity index is 1.77. The highest BCUT2D eigenvalue weighted by Crippen LogP contribution is 2.32. The third-order valence-electron chi connectivity index (χ3n) is 2.95. The molecule has 0 amide bonds. The summed E-state index contributed by atoms with van der Waals surface area (Å²) in [6.07, 6.45) is -0.749. The van der Waals surface area contributed by atoms with Gasteiger partial charge in [-0.05, 0) is 0 Å². The molecule has 2 saturated heterocycles. The molecule has 0 aliphatic carbocycles. The first-order chi connectivity index (χ1) is 6.86. The molecule has 78 valence electrons. The Kier molecular flexibility index (Phi) is 1.97. The van der Waals surface area contributed by atoms with Gasteiger partial charge < -0.3 is 19.3 Å². The van der Waals surface area contributed by atoms with Crippen molar-refractivity contribution in [1.82, 2.24) is 0 Å². The predicted octanol–water partition coefficient (Wildman–Crippen LogP) is -0.810. The van der Waals surface area contributed by atoms with E-state index in [1.54, 1.807) is 0 Å². The van der Waals surface area contributed by atoms with Gasteiger partial charge in [-0.3, -0.25) is 4.99 Å². The second-order valence-corrected chi connectivity index (χ2v) is 3.84. The van der Waals surface area contributed by atoms with E-state index in [0.717, 1.165) is 12.4 Å². The van der Waals surface area contributed by atoms with Crippen molar-refractivity contribution in [3.8, 4) is 0 Å². The molecular formula is C9H13NO4. The van der Waals surface area contributed by atoms with Crippen molar-refractivity contribution >= 4 is 5.90 Å². The van der Waals surface area contributed by atoms with Crippen molar-refractivity contribution in [2.45, 2.75) is 18.3 Å². The third kappa shape index (κ3) is 1.16. The summed E-state index contributed by atoms with van der Waals surface area (Å²) in [6.45, 7) is 2.29. The fourth-order valence-corrected chi connectivity index (χ4v) is 2.27. The molecule has 4 atom stereocenters. The van der Waals surface area contributed by atoms with Crippen LogP contribution >= 0.6 is 0 Å². The van der Waals surface area contributed by atoms with E-state index in [4.69, 9.17) is 14.2 Å². The molecule has 5 heteroatoms. The summed E-state index contributed by atoms with van der Waals surface area (Å²) in [5.41, 5.74) is 0. The average Bonchev–Trinajstić information content (AvgIpc) is 2.84. The number of aliphatic hydroxyl groups excluding tert-OH is 1. The van der Waals surface area contributed by atoms with E-state index in [0.29, 0.717) is 19.8 Å². The van der Waals surface area contributed by atoms with Crippen LogP contribution in [0.2, 0.25) is 0 Å². The van der Waals surface area contributed by atoms with E-state index >= 15 is 0 Å². The Bertz CT molecular complexity index is 268. The normalized spacial score (nSPS) is 46.2. The fraction of sp³-hybridized carbons (Fsp3) is 0.889. The number of rotatable bonds is 1. The first-order valence-electron chi connectivity index (χ1n) is 4.94. The van der Waals surface area contributed by atoms with Gasteiger partial charge in [-0.15, -0.1) is 0 Å². The topological polar surface area (TPSA) is 60.3 Å². The monoisotopic (exact) mass is 199 g/mol. The highest BCUT2D eigenvalue weighted by molar-refractivity contribution is 5.81. The maximum atomic E-state index is 9.53. The zero-order chi connectivity index (χ0) is 9.54. The molecule has 3 aliphatic rings. The lowest BCUT2D eigenvalue weighted by molar-refractivity contribution is 0.0178. The first kappa shape index (κ1) is 8.64. The van der Waals surface area contributed by atoms with Gasteiger partial charge in [0.1, 0.15) is 24.9 Å². The summed E-state index contributed by atoms with van der Waals surface area (Å²) >= 11 is 0. The SMILES string of the molecule is OC1COC2C(C3=NCCO3)COC12. The minimum Gasteiger partial charge on any atom is -0.479 e. The van der Waals surface area contributed by atoms with Crippen LogP contribution in [0.3, 0.4) is 0 Å². The zero-order valence-electron chi connectivity index (χ0n) is 7.76. The van der Waals surface area contributed by atoms with Crippen molar-refractivity contribution in [3.63, 3.8) is 0 Å². The zero-order valence-corrected chi connectivity index (χ0v) is 7.76. The molecule has 3 rings (SSSR count). The molecule has 0 spiro atoms. The van der Waals surface area contributed by atoms with Gasteiger partial charge in [-0.25, -0.2) is 0 Å². The van der Waals surface area contributed by atoms with Crippen LogP contribution < -0.4 is 0 Å². The summed E-state index contributed by atoms with van der Waals surface area (Å²) < 4.78 is 16.3. The number of hydrogen-bond acceptors (Lipinski definition) is 5. The Morgan fingerprint density at radius 2 is 2.07 bits per heavy atom. The van der Waals surface area contributed by atoms with Crippen LogP contribution in [0.5, 0.6) is 0 Å². The number of fused-ring (bicyclic) bond motifs is 1. The maximum absolute atomic E-state index is 9.53. The molecule has 0 aromatic carbocycles. The van der Waals surface area contributed by atoms with Gasteiger partial charge in [0.15, 0.2) is 5.90 Å². The van der Waals surface area contributed by atoms with Crippen LogP contribution in [0, 0.1) is 5.92 Å². The average molecular weight is 199 g/mol. The van der Waals surface area contributed by atoms with Gasteiger partial charge in [-0.1, -0.05) is 0 Å². The fourth-order valence-electron chi connectivity index (χ4n) is 2.27. The standard InChI is InChI=1S/C9H13NO4/c11-6-4-14-7-5(3-13-8(6)7)9-10-1-2-12-9/h5-8,11H,1-4H2. The molecule has 0 aromatic heterocycles. The van der Waals surface area contributed by atoms with Gasteiger partial charge in [0.2, 0.25) is 0 Å². The Morgan fingerprint density at radius 1 is 1.21 bits per heavy atom. The van der Waals surface area contributed by atoms with E-state index in [2.05, 4.69) is 4.99 Å². The summed E-state index contributed by atoms with van der Waals surface area (Å²) in [6, 6.07) is 0. The smallest absolute Gasteiger partial charge is 0.191 e. The lowest BCUT2D eigenvalue weighted by Crippen LogP contribution is -2.32. The van der Waals surface area contributed by atoms with Gasteiger partial charge in [0.05, 0.1) is 25.7 Å². The van der Waals surface area contributed by atoms with Gasteiger partial charge in [0.25, 0.3) is 0 Å². The van der Waals surface area contributed by atoms with Gasteiger partial charge >= 0.3 is 0 Å². The highest BCUT2D eigenvalue weighted by atomic mass is 16.6. The van der Waals surface area contributed by atoms with Crippen LogP contribution in [0.25, 0.3) is 0 Å². The molecule has 4 unspecified atom stereocenters. The van der Waals surface area contributed by atoms with Crippen molar-refractivity contribution in [1.29, 1.82) is 0 Å². The molecule has 1 N–H and O–H groups in total. The van der Waals surface area contributed by atoms with Crippen molar-refractivity contribution in [2.75, 3.05) is 26.4 Å². The summed E-state index contributed by atoms with van der Waals surface area (Å²) in [5.74, 6) is 0.825. The molecule has 0 saturated carbocycles. The van der Waals surface area contributed by atoms with E-state index < -0.39 is 6.10 Å². The predicted molar refractivity (Wildman–Crippen MR) is 47.2 cm³/mol.